The van der Waals surface area contributed by atoms with E-state index in [2.05, 4.69) is 4.98 Å². The lowest BCUT2D eigenvalue weighted by Crippen LogP contribution is -1.89. The highest BCUT2D eigenvalue weighted by Crippen LogP contribution is 2.25. The molecule has 0 spiro atoms. The highest BCUT2D eigenvalue weighted by atomic mass is 35.5. The third kappa shape index (κ3) is 2.54. The van der Waals surface area contributed by atoms with Crippen LogP contribution in [0.3, 0.4) is 0 Å². The van der Waals surface area contributed by atoms with Crippen LogP contribution in [0, 0.1) is 12.7 Å². The Morgan fingerprint density at radius 3 is 2.35 bits per heavy atom. The summed E-state index contributed by atoms with van der Waals surface area (Å²) < 4.78 is 15.4. The van der Waals surface area contributed by atoms with Gasteiger partial charge in [0, 0.05) is 22.5 Å². The number of hydrogen-bond donors (Lipinski definition) is 0. The van der Waals surface area contributed by atoms with Gasteiger partial charge in [-0.25, -0.2) is 9.37 Å². The van der Waals surface area contributed by atoms with Crippen molar-refractivity contribution in [2.45, 2.75) is 20.8 Å². The van der Waals surface area contributed by atoms with Gasteiger partial charge in [-0.15, -0.1) is 0 Å². The van der Waals surface area contributed by atoms with E-state index in [0.29, 0.717) is 10.7 Å². The molecule has 0 fully saturated rings. The maximum atomic E-state index is 13.7. The number of halogens is 2. The summed E-state index contributed by atoms with van der Waals surface area (Å²) in [7, 11) is 0. The predicted octanol–water partition coefficient (Wildman–Crippen LogP) is 5.13. The SMILES string of the molecule is CC.Cc1c(-c2ccc(Cl)cc2)nc2c(F)cccn12. The first-order valence-corrected chi connectivity index (χ1v) is 6.94. The molecular formula is C16H16ClFN2. The summed E-state index contributed by atoms with van der Waals surface area (Å²) >= 11 is 5.86. The molecule has 1 aromatic carbocycles. The molecule has 0 saturated heterocycles. The number of aryl methyl sites for hydroxylation is 1. The lowest BCUT2D eigenvalue weighted by molar-refractivity contribution is 0.629. The van der Waals surface area contributed by atoms with E-state index in [1.165, 1.54) is 6.07 Å². The van der Waals surface area contributed by atoms with E-state index in [4.69, 9.17) is 11.6 Å². The molecule has 3 rings (SSSR count). The van der Waals surface area contributed by atoms with E-state index in [0.717, 1.165) is 17.0 Å². The van der Waals surface area contributed by atoms with Crippen molar-refractivity contribution in [2.24, 2.45) is 0 Å². The second kappa shape index (κ2) is 6.06. The highest BCUT2D eigenvalue weighted by molar-refractivity contribution is 6.30. The minimum atomic E-state index is -0.319. The van der Waals surface area contributed by atoms with Gasteiger partial charge in [0.05, 0.1) is 5.69 Å². The first kappa shape index (κ1) is 14.5. The molecule has 0 aliphatic heterocycles. The normalized spacial score (nSPS) is 10.2. The zero-order chi connectivity index (χ0) is 14.7. The average molecular weight is 291 g/mol. The summed E-state index contributed by atoms with van der Waals surface area (Å²) in [5.41, 5.74) is 2.96. The number of benzene rings is 1. The van der Waals surface area contributed by atoms with E-state index in [1.54, 1.807) is 28.8 Å². The minimum Gasteiger partial charge on any atom is -0.301 e. The van der Waals surface area contributed by atoms with Crippen LogP contribution >= 0.6 is 11.6 Å². The fraction of sp³-hybridized carbons (Fsp3) is 0.188. The average Bonchev–Trinajstić information content (AvgIpc) is 2.81. The molecule has 4 heteroatoms. The smallest absolute Gasteiger partial charge is 0.173 e. The molecule has 0 atom stereocenters. The van der Waals surface area contributed by atoms with E-state index in [1.807, 2.05) is 32.9 Å². The van der Waals surface area contributed by atoms with Crippen molar-refractivity contribution < 1.29 is 4.39 Å². The van der Waals surface area contributed by atoms with Crippen molar-refractivity contribution in [2.75, 3.05) is 0 Å². The molecule has 2 heterocycles. The molecule has 0 saturated carbocycles. The third-order valence-corrected chi connectivity index (χ3v) is 3.21. The quantitative estimate of drug-likeness (QED) is 0.607. The van der Waals surface area contributed by atoms with Crippen LogP contribution in [-0.4, -0.2) is 9.38 Å². The Morgan fingerprint density at radius 1 is 1.10 bits per heavy atom. The van der Waals surface area contributed by atoms with E-state index in [9.17, 15) is 4.39 Å². The number of pyridine rings is 1. The fourth-order valence-corrected chi connectivity index (χ4v) is 2.16. The summed E-state index contributed by atoms with van der Waals surface area (Å²) in [6.07, 6.45) is 1.81. The van der Waals surface area contributed by atoms with Gasteiger partial charge in [0.25, 0.3) is 0 Å². The lowest BCUT2D eigenvalue weighted by Gasteiger charge is -1.99. The van der Waals surface area contributed by atoms with Gasteiger partial charge in [0.1, 0.15) is 0 Å². The van der Waals surface area contributed by atoms with Gasteiger partial charge < -0.3 is 4.40 Å². The van der Waals surface area contributed by atoms with Crippen molar-refractivity contribution in [3.8, 4) is 11.3 Å². The molecule has 0 amide bonds. The molecule has 2 nitrogen and oxygen atoms in total. The second-order valence-electron chi connectivity index (χ2n) is 4.10. The molecule has 3 aromatic rings. The number of hydrogen-bond acceptors (Lipinski definition) is 1. The Labute approximate surface area is 122 Å². The zero-order valence-corrected chi connectivity index (χ0v) is 12.4. The van der Waals surface area contributed by atoms with Gasteiger partial charge in [0.2, 0.25) is 0 Å². The van der Waals surface area contributed by atoms with Gasteiger partial charge in [-0.3, -0.25) is 0 Å². The number of nitrogens with zero attached hydrogens (tertiary/aromatic N) is 2. The largest absolute Gasteiger partial charge is 0.301 e. The van der Waals surface area contributed by atoms with Crippen molar-refractivity contribution in [1.82, 2.24) is 9.38 Å². The Kier molecular flexibility index (Phi) is 4.40. The van der Waals surface area contributed by atoms with Crippen LogP contribution in [0.4, 0.5) is 4.39 Å². The predicted molar refractivity (Wildman–Crippen MR) is 81.7 cm³/mol. The van der Waals surface area contributed by atoms with E-state index >= 15 is 0 Å². The van der Waals surface area contributed by atoms with Gasteiger partial charge in [-0.2, -0.15) is 0 Å². The molecule has 0 N–H and O–H groups in total. The number of imidazole rings is 1. The maximum Gasteiger partial charge on any atom is 0.173 e. The summed E-state index contributed by atoms with van der Waals surface area (Å²) in [6.45, 7) is 5.92. The van der Waals surface area contributed by atoms with Crippen LogP contribution in [0.25, 0.3) is 16.9 Å². The summed E-state index contributed by atoms with van der Waals surface area (Å²) in [6, 6.07) is 10.5. The first-order chi connectivity index (χ1) is 9.66. The first-order valence-electron chi connectivity index (χ1n) is 6.56. The van der Waals surface area contributed by atoms with Crippen LogP contribution in [0.2, 0.25) is 5.02 Å². The summed E-state index contributed by atoms with van der Waals surface area (Å²) in [5, 5.41) is 0.673. The highest BCUT2D eigenvalue weighted by Gasteiger charge is 2.12. The minimum absolute atomic E-state index is 0.319. The molecule has 0 bridgehead atoms. The van der Waals surface area contributed by atoms with Gasteiger partial charge in [-0.05, 0) is 31.2 Å². The fourth-order valence-electron chi connectivity index (χ4n) is 2.03. The van der Waals surface area contributed by atoms with Crippen molar-refractivity contribution in [3.05, 3.63) is 59.1 Å². The van der Waals surface area contributed by atoms with Gasteiger partial charge in [-0.1, -0.05) is 37.6 Å². The van der Waals surface area contributed by atoms with Crippen LogP contribution < -0.4 is 0 Å². The second-order valence-corrected chi connectivity index (χ2v) is 4.54. The summed E-state index contributed by atoms with van der Waals surface area (Å²) in [4.78, 5) is 4.36. The maximum absolute atomic E-state index is 13.7. The molecule has 0 unspecified atom stereocenters. The van der Waals surface area contributed by atoms with Crippen molar-refractivity contribution in [3.63, 3.8) is 0 Å². The molecule has 0 aliphatic rings. The van der Waals surface area contributed by atoms with Gasteiger partial charge >= 0.3 is 0 Å². The molecule has 0 aliphatic carbocycles. The molecule has 104 valence electrons. The van der Waals surface area contributed by atoms with Gasteiger partial charge in [0.15, 0.2) is 11.5 Å². The lowest BCUT2D eigenvalue weighted by atomic mass is 10.1. The standard InChI is InChI=1S/C14H10ClFN2.C2H6/c1-9-13(10-4-6-11(15)7-5-10)17-14-12(16)3-2-8-18(9)14;1-2/h2-8H,1H3;1-2H3. The van der Waals surface area contributed by atoms with Crippen molar-refractivity contribution >= 4 is 17.2 Å². The third-order valence-electron chi connectivity index (χ3n) is 2.96. The Morgan fingerprint density at radius 2 is 1.75 bits per heavy atom. The Balaban J connectivity index is 0.000000704. The molecule has 2 aromatic heterocycles. The van der Waals surface area contributed by atoms with Crippen LogP contribution in [0.5, 0.6) is 0 Å². The van der Waals surface area contributed by atoms with E-state index in [-0.39, 0.29) is 5.82 Å². The number of fused-ring (bicyclic) bond motifs is 1. The molecule has 0 radical (unpaired) electrons. The Bertz CT molecular complexity index is 717. The molecule has 20 heavy (non-hydrogen) atoms. The Hall–Kier alpha value is -1.87. The molecular weight excluding hydrogens is 275 g/mol. The van der Waals surface area contributed by atoms with Crippen LogP contribution in [0.1, 0.15) is 19.5 Å². The topological polar surface area (TPSA) is 17.3 Å². The number of rotatable bonds is 1. The number of aromatic nitrogens is 2. The van der Waals surface area contributed by atoms with Crippen LogP contribution in [0.15, 0.2) is 42.6 Å². The van der Waals surface area contributed by atoms with E-state index < -0.39 is 0 Å². The zero-order valence-electron chi connectivity index (χ0n) is 11.7. The monoisotopic (exact) mass is 290 g/mol. The summed E-state index contributed by atoms with van der Waals surface area (Å²) in [5.74, 6) is -0.319. The van der Waals surface area contributed by atoms with Crippen LogP contribution in [-0.2, 0) is 0 Å². The van der Waals surface area contributed by atoms with Crippen molar-refractivity contribution in [1.29, 1.82) is 0 Å².